The molecule has 3 N–H and O–H groups in total. The Hall–Kier alpha value is -4.71. The Kier molecular flexibility index (Phi) is 4.79. The first kappa shape index (κ1) is 21.2. The molecule has 6 nitrogen and oxygen atoms in total. The minimum absolute atomic E-state index is 0.130. The molecule has 34 heavy (non-hydrogen) atoms. The van der Waals surface area contributed by atoms with Gasteiger partial charge in [0.1, 0.15) is 0 Å². The van der Waals surface area contributed by atoms with Crippen molar-refractivity contribution in [1.82, 2.24) is 0 Å². The third kappa shape index (κ3) is 2.93. The lowest BCUT2D eigenvalue weighted by molar-refractivity contribution is 0.0686. The summed E-state index contributed by atoms with van der Waals surface area (Å²) in [6.07, 6.45) is 0. The second-order valence-electron chi connectivity index (χ2n) is 8.09. The summed E-state index contributed by atoms with van der Waals surface area (Å²) < 4.78 is 0. The fourth-order valence-corrected chi connectivity index (χ4v) is 5.02. The van der Waals surface area contributed by atoms with Crippen LogP contribution < -0.4 is 0 Å². The molecule has 1 aliphatic carbocycles. The van der Waals surface area contributed by atoms with Crippen molar-refractivity contribution in [2.24, 2.45) is 0 Å². The zero-order valence-electron chi connectivity index (χ0n) is 17.7. The number of rotatable bonds is 5. The molecule has 0 spiro atoms. The molecular formula is C28H18O6. The van der Waals surface area contributed by atoms with Crippen molar-refractivity contribution in [3.63, 3.8) is 0 Å². The van der Waals surface area contributed by atoms with Gasteiger partial charge in [0.05, 0.1) is 22.1 Å². The summed E-state index contributed by atoms with van der Waals surface area (Å²) in [6, 6.07) is 25.7. The molecule has 0 heterocycles. The molecule has 4 aromatic rings. The van der Waals surface area contributed by atoms with Gasteiger partial charge >= 0.3 is 17.9 Å². The molecule has 0 aliphatic heterocycles. The monoisotopic (exact) mass is 450 g/mol. The zero-order valence-corrected chi connectivity index (χ0v) is 17.7. The molecule has 0 aromatic heterocycles. The highest BCUT2D eigenvalue weighted by Gasteiger charge is 2.47. The maximum atomic E-state index is 12.2. The fourth-order valence-electron chi connectivity index (χ4n) is 5.02. The fraction of sp³-hybridized carbons (Fsp3) is 0.0357. The van der Waals surface area contributed by atoms with Crippen molar-refractivity contribution < 1.29 is 29.7 Å². The first-order valence-corrected chi connectivity index (χ1v) is 10.5. The van der Waals surface area contributed by atoms with Gasteiger partial charge in [-0.05, 0) is 58.1 Å². The molecule has 0 atom stereocenters. The Bertz CT molecular complexity index is 1410. The average Bonchev–Trinajstić information content (AvgIpc) is 3.15. The number of fused-ring (bicyclic) bond motifs is 3. The Morgan fingerprint density at radius 3 is 1.53 bits per heavy atom. The molecule has 6 heteroatoms. The van der Waals surface area contributed by atoms with Gasteiger partial charge in [-0.2, -0.15) is 0 Å². The number of carbonyl (C=O) groups is 3. The predicted molar refractivity (Wildman–Crippen MR) is 125 cm³/mol. The van der Waals surface area contributed by atoms with Gasteiger partial charge in [0.2, 0.25) is 0 Å². The number of aromatic carboxylic acids is 3. The Morgan fingerprint density at radius 2 is 1.03 bits per heavy atom. The van der Waals surface area contributed by atoms with Crippen molar-refractivity contribution in [2.45, 2.75) is 5.41 Å². The molecule has 0 saturated heterocycles. The van der Waals surface area contributed by atoms with E-state index in [2.05, 4.69) is 0 Å². The van der Waals surface area contributed by atoms with E-state index in [4.69, 9.17) is 0 Å². The van der Waals surface area contributed by atoms with Gasteiger partial charge < -0.3 is 15.3 Å². The quantitative estimate of drug-likeness (QED) is 0.342. The van der Waals surface area contributed by atoms with Crippen LogP contribution >= 0.6 is 0 Å². The number of hydrogen-bond acceptors (Lipinski definition) is 3. The molecule has 1 aliphatic rings. The smallest absolute Gasteiger partial charge is 0.336 e. The molecular weight excluding hydrogens is 432 g/mol. The normalized spacial score (nSPS) is 13.1. The number of carboxylic acids is 3. The highest BCUT2D eigenvalue weighted by atomic mass is 16.4. The SMILES string of the molecule is O=C(O)c1ccc(C2(c3ccc(C(=O)O)cc3)c3ccccc3-c3c(C(=O)O)cccc32)cc1. The van der Waals surface area contributed by atoms with Crippen LogP contribution in [0.1, 0.15) is 53.3 Å². The van der Waals surface area contributed by atoms with Crippen molar-refractivity contribution in [3.8, 4) is 11.1 Å². The minimum Gasteiger partial charge on any atom is -0.478 e. The first-order valence-electron chi connectivity index (χ1n) is 10.5. The van der Waals surface area contributed by atoms with Crippen LogP contribution in [-0.2, 0) is 5.41 Å². The lowest BCUT2D eigenvalue weighted by Crippen LogP contribution is -2.29. The molecule has 0 amide bonds. The Balaban J connectivity index is 1.92. The van der Waals surface area contributed by atoms with Crippen LogP contribution in [-0.4, -0.2) is 33.2 Å². The average molecular weight is 450 g/mol. The molecule has 0 radical (unpaired) electrons. The molecule has 4 aromatic carbocycles. The van der Waals surface area contributed by atoms with Crippen LogP contribution in [0.3, 0.4) is 0 Å². The van der Waals surface area contributed by atoms with E-state index in [1.165, 1.54) is 24.3 Å². The molecule has 0 fully saturated rings. The van der Waals surface area contributed by atoms with Gasteiger partial charge in [-0.1, -0.05) is 60.7 Å². The maximum Gasteiger partial charge on any atom is 0.336 e. The summed E-state index contributed by atoms with van der Waals surface area (Å²) in [5.41, 5.74) is 3.88. The Labute approximate surface area is 194 Å². The zero-order chi connectivity index (χ0) is 24.0. The van der Waals surface area contributed by atoms with E-state index < -0.39 is 23.3 Å². The van der Waals surface area contributed by atoms with E-state index >= 15 is 0 Å². The van der Waals surface area contributed by atoms with Gasteiger partial charge in [0.15, 0.2) is 0 Å². The van der Waals surface area contributed by atoms with Crippen LogP contribution in [0.25, 0.3) is 11.1 Å². The second-order valence-corrected chi connectivity index (χ2v) is 8.09. The summed E-state index contributed by atoms with van der Waals surface area (Å²) in [7, 11) is 0. The lowest BCUT2D eigenvalue weighted by atomic mass is 9.67. The number of benzene rings is 4. The predicted octanol–water partition coefficient (Wildman–Crippen LogP) is 5.14. The third-order valence-corrected chi connectivity index (χ3v) is 6.43. The molecule has 5 rings (SSSR count). The van der Waals surface area contributed by atoms with Gasteiger partial charge in [-0.15, -0.1) is 0 Å². The van der Waals surface area contributed by atoms with Crippen LogP contribution in [0.15, 0.2) is 91.0 Å². The second kappa shape index (κ2) is 7.71. The van der Waals surface area contributed by atoms with Crippen LogP contribution in [0.2, 0.25) is 0 Å². The first-order chi connectivity index (χ1) is 16.4. The lowest BCUT2D eigenvalue weighted by Gasteiger charge is -2.34. The van der Waals surface area contributed by atoms with E-state index in [1.54, 1.807) is 36.4 Å². The van der Waals surface area contributed by atoms with E-state index in [0.717, 1.165) is 27.8 Å². The minimum atomic E-state index is -1.05. The van der Waals surface area contributed by atoms with E-state index in [9.17, 15) is 29.7 Å². The summed E-state index contributed by atoms with van der Waals surface area (Å²) in [5.74, 6) is -3.15. The topological polar surface area (TPSA) is 112 Å². The maximum absolute atomic E-state index is 12.2. The molecule has 0 unspecified atom stereocenters. The van der Waals surface area contributed by atoms with Gasteiger partial charge in [-0.25, -0.2) is 14.4 Å². The summed E-state index contributed by atoms with van der Waals surface area (Å²) in [4.78, 5) is 35.1. The van der Waals surface area contributed by atoms with Crippen molar-refractivity contribution >= 4 is 17.9 Å². The molecule has 166 valence electrons. The standard InChI is InChI=1S/C28H18O6/c29-25(30)16-8-12-18(13-9-16)28(19-14-10-17(11-15-19)26(31)32)22-6-2-1-4-20(22)24-21(27(33)34)5-3-7-23(24)28/h1-15H,(H,29,30)(H,31,32)(H,33,34). The molecule has 0 saturated carbocycles. The van der Waals surface area contributed by atoms with Crippen molar-refractivity contribution in [2.75, 3.05) is 0 Å². The summed E-state index contributed by atoms with van der Waals surface area (Å²) in [5, 5.41) is 28.7. The highest BCUT2D eigenvalue weighted by Crippen LogP contribution is 2.56. The van der Waals surface area contributed by atoms with E-state index in [0.29, 0.717) is 5.56 Å². The summed E-state index contributed by atoms with van der Waals surface area (Å²) in [6.45, 7) is 0. The number of carboxylic acid groups (broad SMARTS) is 3. The van der Waals surface area contributed by atoms with Crippen LogP contribution in [0.4, 0.5) is 0 Å². The number of hydrogen-bond donors (Lipinski definition) is 3. The van der Waals surface area contributed by atoms with Crippen LogP contribution in [0, 0.1) is 0 Å². The van der Waals surface area contributed by atoms with Crippen molar-refractivity contribution in [1.29, 1.82) is 0 Å². The van der Waals surface area contributed by atoms with E-state index in [-0.39, 0.29) is 16.7 Å². The third-order valence-electron chi connectivity index (χ3n) is 6.43. The summed E-state index contributed by atoms with van der Waals surface area (Å²) >= 11 is 0. The highest BCUT2D eigenvalue weighted by molar-refractivity contribution is 6.01. The van der Waals surface area contributed by atoms with Crippen LogP contribution in [0.5, 0.6) is 0 Å². The van der Waals surface area contributed by atoms with E-state index in [1.807, 2.05) is 30.3 Å². The molecule has 0 bridgehead atoms. The largest absolute Gasteiger partial charge is 0.478 e. The van der Waals surface area contributed by atoms with Crippen molar-refractivity contribution in [3.05, 3.63) is 130 Å². The van der Waals surface area contributed by atoms with Gasteiger partial charge in [-0.3, -0.25) is 0 Å². The van der Waals surface area contributed by atoms with Gasteiger partial charge in [0.25, 0.3) is 0 Å². The Morgan fingerprint density at radius 1 is 0.529 bits per heavy atom. The van der Waals surface area contributed by atoms with Gasteiger partial charge in [0, 0.05) is 5.56 Å².